The van der Waals surface area contributed by atoms with Gasteiger partial charge in [0.25, 0.3) is 6.43 Å². The van der Waals surface area contributed by atoms with E-state index in [1.807, 2.05) is 49.4 Å². The van der Waals surface area contributed by atoms with E-state index in [0.29, 0.717) is 12.3 Å². The number of benzene rings is 4. The van der Waals surface area contributed by atoms with Crippen LogP contribution in [0.1, 0.15) is 40.0 Å². The molecule has 1 atom stereocenters. The Labute approximate surface area is 215 Å². The number of alkyl halides is 2. The van der Waals surface area contributed by atoms with Crippen LogP contribution in [0.25, 0.3) is 21.9 Å². The Balaban J connectivity index is 0.00000361. The molecule has 0 heterocycles. The normalized spacial score (nSPS) is 11.8. The number of carboxylic acids is 1. The Hall–Kier alpha value is -3.48. The Morgan fingerprint density at radius 2 is 1.78 bits per heavy atom. The molecule has 2 N–H and O–H groups in total. The molecular weight excluding hydrogens is 484 g/mol. The minimum Gasteiger partial charge on any atom is -0.488 e. The zero-order valence-electron chi connectivity index (χ0n) is 20.0. The lowest BCUT2D eigenvalue weighted by molar-refractivity contribution is 0.0696. The molecule has 0 aliphatic rings. The number of carbonyl (C=O) groups is 1. The number of fused-ring (bicyclic) bond motifs is 1. The minimum absolute atomic E-state index is 0. The van der Waals surface area contributed by atoms with Crippen molar-refractivity contribution in [3.8, 4) is 16.9 Å². The molecule has 0 fully saturated rings. The third-order valence-corrected chi connectivity index (χ3v) is 6.05. The van der Waals surface area contributed by atoms with Gasteiger partial charge in [-0.15, -0.1) is 12.4 Å². The van der Waals surface area contributed by atoms with Crippen molar-refractivity contribution in [3.05, 3.63) is 101 Å². The molecule has 4 aromatic carbocycles. The zero-order chi connectivity index (χ0) is 24.9. The SMILES string of the molecule is Cc1ccc(-c2cc(CN[C@H](C)c3cccc(OCC(F)F)c3)cc3ccccc23)cc1C(=O)O.Cl. The van der Waals surface area contributed by atoms with Gasteiger partial charge in [0.1, 0.15) is 12.4 Å². The molecule has 0 bridgehead atoms. The van der Waals surface area contributed by atoms with Gasteiger partial charge in [0.05, 0.1) is 5.56 Å². The van der Waals surface area contributed by atoms with E-state index in [0.717, 1.165) is 38.6 Å². The molecule has 36 heavy (non-hydrogen) atoms. The smallest absolute Gasteiger partial charge is 0.335 e. The summed E-state index contributed by atoms with van der Waals surface area (Å²) in [5.41, 5.74) is 4.81. The first-order valence-corrected chi connectivity index (χ1v) is 11.4. The lowest BCUT2D eigenvalue weighted by Crippen LogP contribution is -2.18. The van der Waals surface area contributed by atoms with E-state index in [2.05, 4.69) is 17.4 Å². The standard InChI is InChI=1S/C29H27F2NO3.ClH/c1-18-10-11-23(15-26(18)29(33)34)27-13-20(12-22-6-3-4-9-25(22)27)16-32-19(2)21-7-5-8-24(14-21)35-17-28(30)31;/h3-15,19,28,32H,16-17H2,1-2H3,(H,33,34);1H/t19-;/m1./s1. The molecule has 4 rings (SSSR count). The van der Waals surface area contributed by atoms with Gasteiger partial charge in [-0.2, -0.15) is 0 Å². The summed E-state index contributed by atoms with van der Waals surface area (Å²) in [5, 5.41) is 15.2. The second kappa shape index (κ2) is 12.0. The number of carboxylic acid groups (broad SMARTS) is 1. The Kier molecular flexibility index (Phi) is 9.02. The maximum absolute atomic E-state index is 12.5. The summed E-state index contributed by atoms with van der Waals surface area (Å²) in [7, 11) is 0. The molecule has 0 unspecified atom stereocenters. The molecule has 0 saturated carbocycles. The Morgan fingerprint density at radius 3 is 2.53 bits per heavy atom. The van der Waals surface area contributed by atoms with E-state index in [9.17, 15) is 18.7 Å². The molecule has 188 valence electrons. The molecular formula is C29H28ClF2NO3. The highest BCUT2D eigenvalue weighted by molar-refractivity contribution is 5.99. The topological polar surface area (TPSA) is 58.6 Å². The zero-order valence-corrected chi connectivity index (χ0v) is 20.8. The summed E-state index contributed by atoms with van der Waals surface area (Å²) in [5.74, 6) is -0.530. The Bertz CT molecular complexity index is 1360. The largest absolute Gasteiger partial charge is 0.488 e. The first-order valence-electron chi connectivity index (χ1n) is 11.4. The van der Waals surface area contributed by atoms with Crippen molar-refractivity contribution < 1.29 is 23.4 Å². The number of aryl methyl sites for hydroxylation is 1. The van der Waals surface area contributed by atoms with Gasteiger partial charge < -0.3 is 15.2 Å². The highest BCUT2D eigenvalue weighted by atomic mass is 35.5. The second-order valence-corrected chi connectivity index (χ2v) is 8.58. The summed E-state index contributed by atoms with van der Waals surface area (Å²) < 4.78 is 30.1. The second-order valence-electron chi connectivity index (χ2n) is 8.58. The fourth-order valence-electron chi connectivity index (χ4n) is 4.16. The van der Waals surface area contributed by atoms with Crippen molar-refractivity contribution in [1.29, 1.82) is 0 Å². The van der Waals surface area contributed by atoms with E-state index in [1.165, 1.54) is 0 Å². The van der Waals surface area contributed by atoms with Crippen molar-refractivity contribution in [3.63, 3.8) is 0 Å². The highest BCUT2D eigenvalue weighted by Crippen LogP contribution is 2.32. The molecule has 0 aliphatic carbocycles. The lowest BCUT2D eigenvalue weighted by atomic mass is 9.93. The van der Waals surface area contributed by atoms with Crippen LogP contribution in [0.4, 0.5) is 8.78 Å². The van der Waals surface area contributed by atoms with E-state index < -0.39 is 19.0 Å². The summed E-state index contributed by atoms with van der Waals surface area (Å²) in [4.78, 5) is 11.7. The van der Waals surface area contributed by atoms with Gasteiger partial charge in [0.15, 0.2) is 0 Å². The van der Waals surface area contributed by atoms with Crippen molar-refractivity contribution in [2.45, 2.75) is 32.9 Å². The molecule has 0 saturated heterocycles. The van der Waals surface area contributed by atoms with Crippen LogP contribution in [-0.4, -0.2) is 24.1 Å². The van der Waals surface area contributed by atoms with Gasteiger partial charge in [0.2, 0.25) is 0 Å². The molecule has 0 radical (unpaired) electrons. The molecule has 0 amide bonds. The van der Waals surface area contributed by atoms with Crippen molar-refractivity contribution in [1.82, 2.24) is 5.32 Å². The summed E-state index contributed by atoms with van der Waals surface area (Å²) in [6.07, 6.45) is -2.52. The number of aromatic carboxylic acids is 1. The first-order chi connectivity index (χ1) is 16.8. The number of hydrogen-bond acceptors (Lipinski definition) is 3. The first kappa shape index (κ1) is 27.1. The molecule has 0 aromatic heterocycles. The number of rotatable bonds is 9. The Morgan fingerprint density at radius 1 is 1.00 bits per heavy atom. The third kappa shape index (κ3) is 6.39. The van der Waals surface area contributed by atoms with Crippen LogP contribution in [0.5, 0.6) is 5.75 Å². The quantitative estimate of drug-likeness (QED) is 0.245. The average Bonchev–Trinajstić information content (AvgIpc) is 2.86. The number of halogens is 3. The van der Waals surface area contributed by atoms with E-state index >= 15 is 0 Å². The van der Waals surface area contributed by atoms with Crippen molar-refractivity contribution >= 4 is 29.1 Å². The fraction of sp³-hybridized carbons (Fsp3) is 0.207. The van der Waals surface area contributed by atoms with Gasteiger partial charge in [-0.3, -0.25) is 0 Å². The van der Waals surface area contributed by atoms with Gasteiger partial charge in [-0.1, -0.05) is 48.5 Å². The van der Waals surface area contributed by atoms with Crippen LogP contribution in [0.15, 0.2) is 78.9 Å². The van der Waals surface area contributed by atoms with Crippen LogP contribution < -0.4 is 10.1 Å². The number of ether oxygens (including phenoxy) is 1. The van der Waals surface area contributed by atoms with Gasteiger partial charge in [0, 0.05) is 12.6 Å². The molecule has 0 spiro atoms. The number of nitrogens with one attached hydrogen (secondary N) is 1. The summed E-state index contributed by atoms with van der Waals surface area (Å²) >= 11 is 0. The average molecular weight is 512 g/mol. The molecule has 7 heteroatoms. The van der Waals surface area contributed by atoms with Crippen molar-refractivity contribution in [2.24, 2.45) is 0 Å². The van der Waals surface area contributed by atoms with E-state index in [-0.39, 0.29) is 24.0 Å². The minimum atomic E-state index is -2.52. The predicted octanol–water partition coefficient (Wildman–Crippen LogP) is 7.43. The van der Waals surface area contributed by atoms with Crippen molar-refractivity contribution in [2.75, 3.05) is 6.61 Å². The maximum Gasteiger partial charge on any atom is 0.335 e. The lowest BCUT2D eigenvalue weighted by Gasteiger charge is -2.17. The fourth-order valence-corrected chi connectivity index (χ4v) is 4.16. The third-order valence-electron chi connectivity index (χ3n) is 6.05. The number of hydrogen-bond donors (Lipinski definition) is 2. The van der Waals surface area contributed by atoms with E-state index in [4.69, 9.17) is 4.74 Å². The van der Waals surface area contributed by atoms with Crippen LogP contribution in [0.2, 0.25) is 0 Å². The van der Waals surface area contributed by atoms with Gasteiger partial charge >= 0.3 is 5.97 Å². The molecule has 0 aliphatic heterocycles. The van der Waals surface area contributed by atoms with Gasteiger partial charge in [-0.25, -0.2) is 13.6 Å². The summed E-state index contributed by atoms with van der Waals surface area (Å²) in [6.45, 7) is 3.74. The van der Waals surface area contributed by atoms with Crippen LogP contribution >= 0.6 is 12.4 Å². The van der Waals surface area contributed by atoms with Crippen LogP contribution in [-0.2, 0) is 6.54 Å². The molecule has 4 aromatic rings. The highest BCUT2D eigenvalue weighted by Gasteiger charge is 2.13. The van der Waals surface area contributed by atoms with Gasteiger partial charge in [-0.05, 0) is 82.8 Å². The van der Waals surface area contributed by atoms with Crippen LogP contribution in [0, 0.1) is 6.92 Å². The summed E-state index contributed by atoms with van der Waals surface area (Å²) in [6, 6.07) is 24.9. The predicted molar refractivity (Wildman–Crippen MR) is 142 cm³/mol. The van der Waals surface area contributed by atoms with E-state index in [1.54, 1.807) is 31.2 Å². The monoisotopic (exact) mass is 511 g/mol. The van der Waals surface area contributed by atoms with Crippen LogP contribution in [0.3, 0.4) is 0 Å². The molecule has 4 nitrogen and oxygen atoms in total. The maximum atomic E-state index is 12.5.